The molecule has 2 nitrogen and oxygen atoms in total. The van der Waals surface area contributed by atoms with Gasteiger partial charge in [0.05, 0.1) is 6.42 Å². The maximum Gasteiger partial charge on any atom is 0.390 e. The van der Waals surface area contributed by atoms with Crippen LogP contribution in [0.1, 0.15) is 18.0 Å². The Balaban J connectivity index is 2.38. The van der Waals surface area contributed by atoms with Gasteiger partial charge >= 0.3 is 6.18 Å². The summed E-state index contributed by atoms with van der Waals surface area (Å²) >= 11 is 0. The van der Waals surface area contributed by atoms with Crippen LogP contribution in [0.5, 0.6) is 0 Å². The Morgan fingerprint density at radius 3 is 2.29 bits per heavy atom. The van der Waals surface area contributed by atoms with Crippen molar-refractivity contribution in [2.45, 2.75) is 18.6 Å². The molecule has 1 atom stereocenters. The molecule has 8 heteroatoms. The van der Waals surface area contributed by atoms with Crippen molar-refractivity contribution in [2.24, 2.45) is 0 Å². The Morgan fingerprint density at radius 1 is 1.10 bits per heavy atom. The number of hydrogen-bond acceptors (Lipinski definition) is 2. The van der Waals surface area contributed by atoms with E-state index in [0.717, 1.165) is 0 Å². The minimum absolute atomic E-state index is 0.248. The SMILES string of the molecule is Fc1cc(F)c(F)c([C@H](CC(F)(F)F)N2CCNCC2)c1. The molecule has 0 spiro atoms. The van der Waals surface area contributed by atoms with Gasteiger partial charge in [0.15, 0.2) is 11.6 Å². The summed E-state index contributed by atoms with van der Waals surface area (Å²) in [5, 5.41) is 2.96. The number of rotatable bonds is 3. The molecule has 0 amide bonds. The Bertz CT molecular complexity index is 496. The third-order valence-electron chi connectivity index (χ3n) is 3.40. The van der Waals surface area contributed by atoms with Crippen LogP contribution < -0.4 is 5.32 Å². The van der Waals surface area contributed by atoms with Crippen LogP contribution in [-0.4, -0.2) is 37.3 Å². The standard InChI is InChI=1S/C13H14F6N2/c14-8-5-9(12(16)10(15)6-8)11(7-13(17,18)19)21-3-1-20-2-4-21/h5-6,11,20H,1-4,7H2/t11-/m0/s1. The van der Waals surface area contributed by atoms with Crippen LogP contribution in [-0.2, 0) is 0 Å². The predicted octanol–water partition coefficient (Wildman–Crippen LogP) is 3.00. The molecule has 1 N–H and O–H groups in total. The van der Waals surface area contributed by atoms with Crippen molar-refractivity contribution in [3.05, 3.63) is 35.1 Å². The molecule has 2 rings (SSSR count). The molecule has 0 aliphatic carbocycles. The average molecular weight is 312 g/mol. The molecule has 1 aromatic rings. The Hall–Kier alpha value is -1.28. The lowest BCUT2D eigenvalue weighted by molar-refractivity contribution is -0.149. The molecule has 1 aliphatic rings. The minimum Gasteiger partial charge on any atom is -0.314 e. The van der Waals surface area contributed by atoms with Gasteiger partial charge in [-0.2, -0.15) is 13.2 Å². The van der Waals surface area contributed by atoms with E-state index in [0.29, 0.717) is 25.2 Å². The first-order valence-corrected chi connectivity index (χ1v) is 6.44. The van der Waals surface area contributed by atoms with E-state index in [1.54, 1.807) is 0 Å². The second-order valence-corrected chi connectivity index (χ2v) is 4.91. The van der Waals surface area contributed by atoms with E-state index in [2.05, 4.69) is 5.32 Å². The summed E-state index contributed by atoms with van der Waals surface area (Å²) in [7, 11) is 0. The lowest BCUT2D eigenvalue weighted by atomic mass is 9.99. The van der Waals surface area contributed by atoms with Crippen LogP contribution >= 0.6 is 0 Å². The number of piperazine rings is 1. The number of nitrogens with zero attached hydrogens (tertiary/aromatic N) is 1. The molecule has 1 aliphatic heterocycles. The van der Waals surface area contributed by atoms with E-state index in [4.69, 9.17) is 0 Å². The summed E-state index contributed by atoms with van der Waals surface area (Å²) in [6.45, 7) is 1.37. The van der Waals surface area contributed by atoms with Gasteiger partial charge in [-0.1, -0.05) is 0 Å². The summed E-state index contributed by atoms with van der Waals surface area (Å²) in [6, 6.07) is -0.477. The largest absolute Gasteiger partial charge is 0.390 e. The summed E-state index contributed by atoms with van der Waals surface area (Å²) in [6.07, 6.45) is -5.92. The second kappa shape index (κ2) is 6.23. The summed E-state index contributed by atoms with van der Waals surface area (Å²) < 4.78 is 78.5. The zero-order valence-corrected chi connectivity index (χ0v) is 11.0. The number of benzene rings is 1. The van der Waals surface area contributed by atoms with Crippen LogP contribution in [0.25, 0.3) is 0 Å². The third kappa shape index (κ3) is 4.10. The lowest BCUT2D eigenvalue weighted by Crippen LogP contribution is -2.46. The highest BCUT2D eigenvalue weighted by atomic mass is 19.4. The highest BCUT2D eigenvalue weighted by Crippen LogP contribution is 2.36. The summed E-state index contributed by atoms with van der Waals surface area (Å²) in [4.78, 5) is 1.39. The molecule has 1 aromatic carbocycles. The van der Waals surface area contributed by atoms with E-state index in [1.165, 1.54) is 4.90 Å². The van der Waals surface area contributed by atoms with Gasteiger partial charge < -0.3 is 5.32 Å². The molecule has 0 unspecified atom stereocenters. The monoisotopic (exact) mass is 312 g/mol. The number of halogens is 6. The van der Waals surface area contributed by atoms with E-state index >= 15 is 0 Å². The van der Waals surface area contributed by atoms with E-state index < -0.39 is 41.7 Å². The van der Waals surface area contributed by atoms with Crippen LogP contribution in [0.15, 0.2) is 12.1 Å². The fraction of sp³-hybridized carbons (Fsp3) is 0.538. The van der Waals surface area contributed by atoms with Gasteiger partial charge in [-0.15, -0.1) is 0 Å². The van der Waals surface area contributed by atoms with Crippen molar-refractivity contribution < 1.29 is 26.3 Å². The Labute approximate surface area is 117 Å². The number of nitrogens with one attached hydrogen (secondary N) is 1. The molecule has 0 bridgehead atoms. The molecular weight excluding hydrogens is 298 g/mol. The first-order chi connectivity index (χ1) is 9.78. The van der Waals surface area contributed by atoms with Crippen molar-refractivity contribution in [2.75, 3.05) is 26.2 Å². The van der Waals surface area contributed by atoms with Gasteiger partial charge in [0.25, 0.3) is 0 Å². The van der Waals surface area contributed by atoms with Gasteiger partial charge in [-0.25, -0.2) is 13.2 Å². The van der Waals surface area contributed by atoms with E-state index in [1.807, 2.05) is 0 Å². The molecule has 0 radical (unpaired) electrons. The van der Waals surface area contributed by atoms with Crippen molar-refractivity contribution in [1.29, 1.82) is 0 Å². The fourth-order valence-corrected chi connectivity index (χ4v) is 2.47. The smallest absolute Gasteiger partial charge is 0.314 e. The van der Waals surface area contributed by atoms with Gasteiger partial charge in [0.1, 0.15) is 5.82 Å². The molecule has 21 heavy (non-hydrogen) atoms. The molecule has 1 saturated heterocycles. The van der Waals surface area contributed by atoms with Crippen molar-refractivity contribution >= 4 is 0 Å². The molecule has 0 aromatic heterocycles. The summed E-state index contributed by atoms with van der Waals surface area (Å²) in [5.74, 6) is -4.00. The fourth-order valence-electron chi connectivity index (χ4n) is 2.47. The van der Waals surface area contributed by atoms with Crippen LogP contribution in [0.3, 0.4) is 0 Å². The zero-order chi connectivity index (χ0) is 15.6. The van der Waals surface area contributed by atoms with Gasteiger partial charge in [-0.05, 0) is 6.07 Å². The molecule has 0 saturated carbocycles. The highest BCUT2D eigenvalue weighted by molar-refractivity contribution is 5.24. The predicted molar refractivity (Wildman–Crippen MR) is 64.2 cm³/mol. The average Bonchev–Trinajstić information content (AvgIpc) is 2.40. The van der Waals surface area contributed by atoms with Gasteiger partial charge in [0, 0.05) is 43.9 Å². The molecule has 118 valence electrons. The zero-order valence-electron chi connectivity index (χ0n) is 11.0. The van der Waals surface area contributed by atoms with Gasteiger partial charge in [0.2, 0.25) is 0 Å². The third-order valence-corrected chi connectivity index (χ3v) is 3.40. The molecular formula is C13H14F6N2. The molecule has 1 heterocycles. The van der Waals surface area contributed by atoms with E-state index in [-0.39, 0.29) is 13.1 Å². The van der Waals surface area contributed by atoms with Crippen LogP contribution in [0.4, 0.5) is 26.3 Å². The van der Waals surface area contributed by atoms with E-state index in [9.17, 15) is 26.3 Å². The van der Waals surface area contributed by atoms with Gasteiger partial charge in [-0.3, -0.25) is 4.90 Å². The van der Waals surface area contributed by atoms with Crippen LogP contribution in [0.2, 0.25) is 0 Å². The maximum absolute atomic E-state index is 13.8. The quantitative estimate of drug-likeness (QED) is 0.682. The van der Waals surface area contributed by atoms with Crippen molar-refractivity contribution in [3.8, 4) is 0 Å². The Kier molecular flexibility index (Phi) is 4.77. The highest BCUT2D eigenvalue weighted by Gasteiger charge is 2.37. The normalized spacial score (nSPS) is 18.8. The molecule has 1 fully saturated rings. The lowest BCUT2D eigenvalue weighted by Gasteiger charge is -2.35. The first-order valence-electron chi connectivity index (χ1n) is 6.44. The topological polar surface area (TPSA) is 15.3 Å². The number of alkyl halides is 3. The van der Waals surface area contributed by atoms with Crippen molar-refractivity contribution in [1.82, 2.24) is 10.2 Å². The summed E-state index contributed by atoms with van der Waals surface area (Å²) in [5.41, 5.74) is -0.591. The second-order valence-electron chi connectivity index (χ2n) is 4.91. The van der Waals surface area contributed by atoms with Crippen LogP contribution in [0, 0.1) is 17.5 Å². The number of hydrogen-bond donors (Lipinski definition) is 1. The first kappa shape index (κ1) is 16.1. The minimum atomic E-state index is -4.56. The maximum atomic E-state index is 13.8. The Morgan fingerprint density at radius 2 is 1.71 bits per heavy atom. The van der Waals surface area contributed by atoms with Crippen molar-refractivity contribution in [3.63, 3.8) is 0 Å².